The van der Waals surface area contributed by atoms with E-state index in [4.69, 9.17) is 15.7 Å². The zero-order valence-electron chi connectivity index (χ0n) is 10.3. The Morgan fingerprint density at radius 2 is 2.05 bits per heavy atom. The van der Waals surface area contributed by atoms with Gasteiger partial charge in [0.1, 0.15) is 17.6 Å². The Morgan fingerprint density at radius 1 is 1.26 bits per heavy atom. The minimum absolute atomic E-state index is 0.377. The van der Waals surface area contributed by atoms with Crippen molar-refractivity contribution < 1.29 is 9.13 Å². The highest BCUT2D eigenvalue weighted by Gasteiger charge is 2.06. The number of ether oxygens (including phenoxy) is 1. The van der Waals surface area contributed by atoms with Crippen molar-refractivity contribution in [2.24, 2.45) is 0 Å². The summed E-state index contributed by atoms with van der Waals surface area (Å²) in [6.45, 7) is 0. The molecule has 5 heteroatoms. The van der Waals surface area contributed by atoms with Gasteiger partial charge < -0.3 is 15.8 Å². The number of nitrogens with zero attached hydrogens (tertiary/aromatic N) is 1. The number of hydrogen-bond acceptors (Lipinski definition) is 4. The predicted octanol–water partition coefficient (Wildman–Crippen LogP) is 3.03. The average Bonchev–Trinajstić information content (AvgIpc) is 2.42. The smallest absolute Gasteiger partial charge is 0.145 e. The lowest BCUT2D eigenvalue weighted by molar-refractivity contribution is 0.413. The van der Waals surface area contributed by atoms with E-state index >= 15 is 0 Å². The summed E-state index contributed by atoms with van der Waals surface area (Å²) in [5, 5.41) is 12.0. The SMILES string of the molecule is COc1cc(F)ccc1Nc1ccc(N)c(C#N)c1. The fraction of sp³-hybridized carbons (Fsp3) is 0.0714. The highest BCUT2D eigenvalue weighted by Crippen LogP contribution is 2.29. The maximum absolute atomic E-state index is 13.1. The fourth-order valence-corrected chi connectivity index (χ4v) is 1.65. The molecule has 0 aliphatic heterocycles. The average molecular weight is 257 g/mol. The van der Waals surface area contributed by atoms with Crippen LogP contribution in [0.1, 0.15) is 5.56 Å². The monoisotopic (exact) mass is 257 g/mol. The Balaban J connectivity index is 2.34. The van der Waals surface area contributed by atoms with Crippen LogP contribution >= 0.6 is 0 Å². The van der Waals surface area contributed by atoms with Crippen LogP contribution < -0.4 is 15.8 Å². The van der Waals surface area contributed by atoms with Gasteiger partial charge in [0.15, 0.2) is 0 Å². The molecule has 0 unspecified atom stereocenters. The third kappa shape index (κ3) is 2.75. The number of rotatable bonds is 3. The summed E-state index contributed by atoms with van der Waals surface area (Å²) in [6, 6.07) is 11.2. The highest BCUT2D eigenvalue weighted by atomic mass is 19.1. The zero-order chi connectivity index (χ0) is 13.8. The Kier molecular flexibility index (Phi) is 3.53. The molecule has 0 fully saturated rings. The van der Waals surface area contributed by atoms with Crippen LogP contribution in [0.5, 0.6) is 5.75 Å². The van der Waals surface area contributed by atoms with Crippen molar-refractivity contribution in [2.45, 2.75) is 0 Å². The van der Waals surface area contributed by atoms with Crippen LogP contribution in [0.3, 0.4) is 0 Å². The van der Waals surface area contributed by atoms with Crippen molar-refractivity contribution in [3.05, 3.63) is 47.8 Å². The van der Waals surface area contributed by atoms with Crippen LogP contribution in [0.2, 0.25) is 0 Å². The first-order valence-corrected chi connectivity index (χ1v) is 5.54. The van der Waals surface area contributed by atoms with Crippen molar-refractivity contribution >= 4 is 17.1 Å². The predicted molar refractivity (Wildman–Crippen MR) is 71.8 cm³/mol. The first-order valence-electron chi connectivity index (χ1n) is 5.54. The molecule has 3 N–H and O–H groups in total. The Bertz CT molecular complexity index is 650. The van der Waals surface area contributed by atoms with Gasteiger partial charge in [0.05, 0.1) is 18.4 Å². The van der Waals surface area contributed by atoms with Crippen LogP contribution in [-0.4, -0.2) is 7.11 Å². The first kappa shape index (κ1) is 12.7. The van der Waals surface area contributed by atoms with Crippen molar-refractivity contribution in [3.63, 3.8) is 0 Å². The summed E-state index contributed by atoms with van der Waals surface area (Å²) in [5.41, 5.74) is 7.73. The molecular formula is C14H12FN3O. The van der Waals surface area contributed by atoms with Crippen LogP contribution in [0.4, 0.5) is 21.5 Å². The molecule has 0 aliphatic carbocycles. The van der Waals surface area contributed by atoms with Gasteiger partial charge in [-0.2, -0.15) is 5.26 Å². The van der Waals surface area contributed by atoms with Crippen LogP contribution in [0.25, 0.3) is 0 Å². The van der Waals surface area contributed by atoms with Gasteiger partial charge in [0.2, 0.25) is 0 Å². The van der Waals surface area contributed by atoms with E-state index < -0.39 is 0 Å². The van der Waals surface area contributed by atoms with E-state index in [1.54, 1.807) is 24.3 Å². The van der Waals surface area contributed by atoms with Crippen LogP contribution in [0, 0.1) is 17.1 Å². The fourth-order valence-electron chi connectivity index (χ4n) is 1.65. The van der Waals surface area contributed by atoms with E-state index in [1.807, 2.05) is 6.07 Å². The third-order valence-corrected chi connectivity index (χ3v) is 2.62. The Labute approximate surface area is 110 Å². The second kappa shape index (κ2) is 5.27. The minimum Gasteiger partial charge on any atom is -0.494 e. The molecule has 19 heavy (non-hydrogen) atoms. The molecule has 0 amide bonds. The van der Waals surface area contributed by atoms with Crippen molar-refractivity contribution in [1.29, 1.82) is 5.26 Å². The van der Waals surface area contributed by atoms with Gasteiger partial charge in [-0.3, -0.25) is 0 Å². The van der Waals surface area contributed by atoms with Crippen LogP contribution in [0.15, 0.2) is 36.4 Å². The van der Waals surface area contributed by atoms with Crippen molar-refractivity contribution in [2.75, 3.05) is 18.2 Å². The minimum atomic E-state index is -0.377. The van der Waals surface area contributed by atoms with Gasteiger partial charge in [0.25, 0.3) is 0 Å². The second-order valence-corrected chi connectivity index (χ2v) is 3.88. The van der Waals surface area contributed by atoms with Crippen LogP contribution in [-0.2, 0) is 0 Å². The van der Waals surface area contributed by atoms with E-state index in [2.05, 4.69) is 5.32 Å². The second-order valence-electron chi connectivity index (χ2n) is 3.88. The van der Waals surface area contributed by atoms with Gasteiger partial charge in [-0.1, -0.05) is 0 Å². The van der Waals surface area contributed by atoms with E-state index in [-0.39, 0.29) is 5.82 Å². The molecule has 0 radical (unpaired) electrons. The lowest BCUT2D eigenvalue weighted by Crippen LogP contribution is -1.97. The summed E-state index contributed by atoms with van der Waals surface area (Å²) in [6.07, 6.45) is 0. The molecule has 0 saturated carbocycles. The molecule has 0 atom stereocenters. The maximum Gasteiger partial charge on any atom is 0.145 e. The lowest BCUT2D eigenvalue weighted by Gasteiger charge is -2.11. The lowest BCUT2D eigenvalue weighted by atomic mass is 10.1. The molecule has 2 aromatic rings. The van der Waals surface area contributed by atoms with Crippen molar-refractivity contribution in [3.8, 4) is 11.8 Å². The van der Waals surface area contributed by atoms with Gasteiger partial charge in [-0.05, 0) is 30.3 Å². The molecule has 0 spiro atoms. The summed E-state index contributed by atoms with van der Waals surface area (Å²) in [5.74, 6) is 0.00718. The van der Waals surface area contributed by atoms with E-state index in [0.717, 1.165) is 0 Å². The summed E-state index contributed by atoms with van der Waals surface area (Å²) < 4.78 is 18.2. The normalized spacial score (nSPS) is 9.74. The van der Waals surface area contributed by atoms with Gasteiger partial charge >= 0.3 is 0 Å². The molecule has 0 aliphatic rings. The first-order chi connectivity index (χ1) is 9.13. The molecule has 0 bridgehead atoms. The quantitative estimate of drug-likeness (QED) is 0.829. The van der Waals surface area contributed by atoms with Gasteiger partial charge in [-0.15, -0.1) is 0 Å². The molecule has 0 saturated heterocycles. The Hall–Kier alpha value is -2.74. The van der Waals surface area contributed by atoms with E-state index in [0.29, 0.717) is 28.4 Å². The number of hydrogen-bond donors (Lipinski definition) is 2. The molecule has 4 nitrogen and oxygen atoms in total. The summed E-state index contributed by atoms with van der Waals surface area (Å²) >= 11 is 0. The number of anilines is 3. The molecule has 0 heterocycles. The molecule has 2 rings (SSSR count). The van der Waals surface area contributed by atoms with Crippen molar-refractivity contribution in [1.82, 2.24) is 0 Å². The number of nitrogen functional groups attached to an aromatic ring is 1. The van der Waals surface area contributed by atoms with E-state index in [1.165, 1.54) is 19.2 Å². The molecule has 2 aromatic carbocycles. The number of methoxy groups -OCH3 is 1. The standard InChI is InChI=1S/C14H12FN3O/c1-19-14-7-10(15)2-5-13(14)18-11-3-4-12(17)9(6-11)8-16/h2-7,18H,17H2,1H3. The largest absolute Gasteiger partial charge is 0.494 e. The molecule has 0 aromatic heterocycles. The zero-order valence-corrected chi connectivity index (χ0v) is 10.3. The highest BCUT2D eigenvalue weighted by molar-refractivity contribution is 5.70. The molecular weight excluding hydrogens is 245 g/mol. The number of nitriles is 1. The van der Waals surface area contributed by atoms with Gasteiger partial charge in [-0.25, -0.2) is 4.39 Å². The number of benzene rings is 2. The molecule has 96 valence electrons. The van der Waals surface area contributed by atoms with Gasteiger partial charge in [0, 0.05) is 17.4 Å². The number of halogens is 1. The topological polar surface area (TPSA) is 71.1 Å². The maximum atomic E-state index is 13.1. The number of nitrogens with one attached hydrogen (secondary N) is 1. The van der Waals surface area contributed by atoms with E-state index in [9.17, 15) is 4.39 Å². The third-order valence-electron chi connectivity index (χ3n) is 2.62. The Morgan fingerprint density at radius 3 is 2.74 bits per heavy atom. The summed E-state index contributed by atoms with van der Waals surface area (Å²) in [4.78, 5) is 0. The summed E-state index contributed by atoms with van der Waals surface area (Å²) in [7, 11) is 1.46. The number of nitrogens with two attached hydrogens (primary N) is 1.